The normalized spacial score (nSPS) is 20.6. The third-order valence-corrected chi connectivity index (χ3v) is 6.93. The third-order valence-electron chi connectivity index (χ3n) is 5.12. The summed E-state index contributed by atoms with van der Waals surface area (Å²) in [5.74, 6) is -2.29. The Bertz CT molecular complexity index is 751. The number of benzene rings is 1. The van der Waals surface area contributed by atoms with Crippen LogP contribution in [0.25, 0.3) is 0 Å². The van der Waals surface area contributed by atoms with Gasteiger partial charge in [0.2, 0.25) is 15.9 Å². The minimum absolute atomic E-state index is 0.0911. The van der Waals surface area contributed by atoms with Gasteiger partial charge in [0.15, 0.2) is 0 Å². The molecule has 0 saturated carbocycles. The van der Waals surface area contributed by atoms with Gasteiger partial charge in [-0.1, -0.05) is 50.6 Å². The lowest BCUT2D eigenvalue weighted by atomic mass is 9.95. The van der Waals surface area contributed by atoms with E-state index in [1.807, 2.05) is 13.0 Å². The number of nitrogens with zero attached hydrogens (tertiary/aromatic N) is 1. The average Bonchev–Trinajstić information content (AvgIpc) is 2.65. The third kappa shape index (κ3) is 5.77. The molecule has 7 nitrogen and oxygen atoms in total. The van der Waals surface area contributed by atoms with Crippen molar-refractivity contribution in [2.45, 2.75) is 44.9 Å². The molecule has 1 aromatic rings. The number of amides is 1. The van der Waals surface area contributed by atoms with Crippen LogP contribution in [0.1, 0.15) is 38.7 Å². The van der Waals surface area contributed by atoms with Crippen molar-refractivity contribution >= 4 is 21.9 Å². The van der Waals surface area contributed by atoms with Crippen LogP contribution >= 0.6 is 0 Å². The van der Waals surface area contributed by atoms with E-state index in [4.69, 9.17) is 0 Å². The Morgan fingerprint density at radius 3 is 2.56 bits per heavy atom. The first-order chi connectivity index (χ1) is 12.7. The Balaban J connectivity index is 2.04. The molecule has 1 fully saturated rings. The summed E-state index contributed by atoms with van der Waals surface area (Å²) in [5, 5.41) is 11.9. The topological polar surface area (TPSA) is 104 Å². The number of carboxylic acid groups (broad SMARTS) is 1. The summed E-state index contributed by atoms with van der Waals surface area (Å²) < 4.78 is 26.8. The van der Waals surface area contributed by atoms with Crippen LogP contribution in [0.4, 0.5) is 0 Å². The summed E-state index contributed by atoms with van der Waals surface area (Å²) >= 11 is 0. The van der Waals surface area contributed by atoms with Crippen LogP contribution in [0.5, 0.6) is 0 Å². The van der Waals surface area contributed by atoms with Crippen molar-refractivity contribution in [2.24, 2.45) is 11.8 Å². The van der Waals surface area contributed by atoms with Gasteiger partial charge in [0, 0.05) is 13.1 Å². The number of piperidine rings is 1. The minimum atomic E-state index is -3.53. The van der Waals surface area contributed by atoms with Gasteiger partial charge in [-0.25, -0.2) is 17.5 Å². The van der Waals surface area contributed by atoms with Crippen LogP contribution in [0.15, 0.2) is 30.3 Å². The van der Waals surface area contributed by atoms with Crippen molar-refractivity contribution < 1.29 is 23.1 Å². The minimum Gasteiger partial charge on any atom is -0.480 e. The molecule has 3 atom stereocenters. The monoisotopic (exact) mass is 396 g/mol. The van der Waals surface area contributed by atoms with E-state index in [2.05, 4.69) is 5.32 Å². The number of rotatable bonds is 8. The molecule has 3 unspecified atom stereocenters. The number of aliphatic carboxylic acids is 1. The summed E-state index contributed by atoms with van der Waals surface area (Å²) in [6.45, 7) is 4.11. The summed E-state index contributed by atoms with van der Waals surface area (Å²) in [5.41, 5.74) is 0.701. The first-order valence-electron chi connectivity index (χ1n) is 9.29. The molecule has 1 saturated heterocycles. The average molecular weight is 397 g/mol. The molecule has 1 aromatic carbocycles. The molecule has 8 heteroatoms. The van der Waals surface area contributed by atoms with Gasteiger partial charge in [0.05, 0.1) is 11.7 Å². The Kier molecular flexibility index (Phi) is 7.38. The van der Waals surface area contributed by atoms with Crippen molar-refractivity contribution in [1.29, 1.82) is 0 Å². The lowest BCUT2D eigenvalue weighted by Crippen LogP contribution is -2.51. The van der Waals surface area contributed by atoms with Gasteiger partial charge < -0.3 is 10.4 Å². The molecule has 0 spiro atoms. The molecule has 2 N–H and O–H groups in total. The van der Waals surface area contributed by atoms with Crippen LogP contribution in [0.2, 0.25) is 0 Å². The molecule has 0 aliphatic carbocycles. The molecule has 1 aliphatic heterocycles. The maximum Gasteiger partial charge on any atom is 0.326 e. The van der Waals surface area contributed by atoms with Crippen LogP contribution in [0.3, 0.4) is 0 Å². The number of hydrogen-bond acceptors (Lipinski definition) is 4. The number of carbonyl (C=O) groups is 2. The molecule has 27 heavy (non-hydrogen) atoms. The van der Waals surface area contributed by atoms with Gasteiger partial charge >= 0.3 is 5.97 Å². The molecule has 150 valence electrons. The van der Waals surface area contributed by atoms with Crippen LogP contribution in [0, 0.1) is 11.8 Å². The van der Waals surface area contributed by atoms with E-state index < -0.39 is 28.0 Å². The van der Waals surface area contributed by atoms with E-state index in [-0.39, 0.29) is 24.1 Å². The van der Waals surface area contributed by atoms with E-state index in [1.54, 1.807) is 31.2 Å². The SMILES string of the molecule is CCC(C)C(NC(=O)C1CCCN(S(=O)(=O)Cc2ccccc2)C1)C(=O)O. The maximum absolute atomic E-state index is 12.7. The number of carbonyl (C=O) groups excluding carboxylic acids is 1. The number of carboxylic acids is 1. The fourth-order valence-electron chi connectivity index (χ4n) is 3.24. The molecular formula is C19H28N2O5S. The highest BCUT2D eigenvalue weighted by molar-refractivity contribution is 7.88. The predicted octanol–water partition coefficient (Wildman–Crippen LogP) is 1.84. The highest BCUT2D eigenvalue weighted by Crippen LogP contribution is 2.22. The zero-order chi connectivity index (χ0) is 20.0. The molecule has 0 bridgehead atoms. The van der Waals surface area contributed by atoms with Crippen molar-refractivity contribution in [2.75, 3.05) is 13.1 Å². The number of nitrogens with one attached hydrogen (secondary N) is 1. The Morgan fingerprint density at radius 1 is 1.30 bits per heavy atom. The fourth-order valence-corrected chi connectivity index (χ4v) is 4.85. The van der Waals surface area contributed by atoms with Crippen molar-refractivity contribution in [3.05, 3.63) is 35.9 Å². The second kappa shape index (κ2) is 9.32. The van der Waals surface area contributed by atoms with E-state index >= 15 is 0 Å². The van der Waals surface area contributed by atoms with Crippen LogP contribution in [-0.2, 0) is 25.4 Å². The highest BCUT2D eigenvalue weighted by Gasteiger charge is 2.34. The molecule has 0 aromatic heterocycles. The first kappa shape index (κ1) is 21.4. The summed E-state index contributed by atoms with van der Waals surface area (Å²) in [7, 11) is -3.53. The fraction of sp³-hybridized carbons (Fsp3) is 0.579. The standard InChI is InChI=1S/C19H28N2O5S/c1-3-14(2)17(19(23)24)20-18(22)16-10-7-11-21(12-16)27(25,26)13-15-8-5-4-6-9-15/h4-6,8-9,14,16-17H,3,7,10-13H2,1-2H3,(H,20,22)(H,23,24). The smallest absolute Gasteiger partial charge is 0.326 e. The van der Waals surface area contributed by atoms with Crippen molar-refractivity contribution in [3.8, 4) is 0 Å². The van der Waals surface area contributed by atoms with Gasteiger partial charge in [0.1, 0.15) is 6.04 Å². The first-order valence-corrected chi connectivity index (χ1v) is 10.9. The molecule has 1 amide bonds. The zero-order valence-electron chi connectivity index (χ0n) is 15.8. The number of hydrogen-bond donors (Lipinski definition) is 2. The van der Waals surface area contributed by atoms with Crippen LogP contribution in [-0.4, -0.2) is 48.8 Å². The van der Waals surface area contributed by atoms with E-state index in [9.17, 15) is 23.1 Å². The molecule has 1 aliphatic rings. The molecular weight excluding hydrogens is 368 g/mol. The number of sulfonamides is 1. The predicted molar refractivity (Wildman–Crippen MR) is 102 cm³/mol. The summed E-state index contributed by atoms with van der Waals surface area (Å²) in [6, 6.07) is 7.97. The van der Waals surface area contributed by atoms with Crippen molar-refractivity contribution in [1.82, 2.24) is 9.62 Å². The molecule has 0 radical (unpaired) electrons. The zero-order valence-corrected chi connectivity index (χ0v) is 16.6. The van der Waals surface area contributed by atoms with Gasteiger partial charge in [-0.15, -0.1) is 0 Å². The molecule has 1 heterocycles. The largest absolute Gasteiger partial charge is 0.480 e. The Hall–Kier alpha value is -1.93. The lowest BCUT2D eigenvalue weighted by Gasteiger charge is -2.32. The van der Waals surface area contributed by atoms with E-state index in [1.165, 1.54) is 4.31 Å². The lowest BCUT2D eigenvalue weighted by molar-refractivity contribution is -0.144. The Morgan fingerprint density at radius 2 is 1.96 bits per heavy atom. The van der Waals surface area contributed by atoms with E-state index in [0.717, 1.165) is 0 Å². The van der Waals surface area contributed by atoms with Gasteiger partial charge in [-0.3, -0.25) is 4.79 Å². The van der Waals surface area contributed by atoms with Gasteiger partial charge in [-0.05, 0) is 24.3 Å². The molecule has 2 rings (SSSR count). The van der Waals surface area contributed by atoms with E-state index in [0.29, 0.717) is 31.4 Å². The summed E-state index contributed by atoms with van der Waals surface area (Å²) in [4.78, 5) is 24.0. The van der Waals surface area contributed by atoms with Crippen molar-refractivity contribution in [3.63, 3.8) is 0 Å². The van der Waals surface area contributed by atoms with Crippen LogP contribution < -0.4 is 5.32 Å². The quantitative estimate of drug-likeness (QED) is 0.698. The second-order valence-electron chi connectivity index (χ2n) is 7.15. The summed E-state index contributed by atoms with van der Waals surface area (Å²) in [6.07, 6.45) is 1.75. The second-order valence-corrected chi connectivity index (χ2v) is 9.12. The van der Waals surface area contributed by atoms with Gasteiger partial charge in [0.25, 0.3) is 0 Å². The Labute approximate surface area is 160 Å². The highest BCUT2D eigenvalue weighted by atomic mass is 32.2. The van der Waals surface area contributed by atoms with Gasteiger partial charge in [-0.2, -0.15) is 0 Å². The maximum atomic E-state index is 12.7.